The van der Waals surface area contributed by atoms with Crippen LogP contribution >= 0.6 is 0 Å². The third-order valence-electron chi connectivity index (χ3n) is 11.1. The highest BCUT2D eigenvalue weighted by Crippen LogP contribution is 2.13. The van der Waals surface area contributed by atoms with Crippen molar-refractivity contribution >= 4 is 11.9 Å². The zero-order valence-corrected chi connectivity index (χ0v) is 42.0. The third-order valence-corrected chi connectivity index (χ3v) is 11.1. The molecule has 0 N–H and O–H groups in total. The van der Waals surface area contributed by atoms with Crippen molar-refractivity contribution in [1.29, 1.82) is 0 Å². The van der Waals surface area contributed by atoms with E-state index in [1.54, 1.807) is 0 Å². The molecule has 0 fully saturated rings. The topological polar surface area (TPSA) is 61.8 Å². The molecule has 0 aliphatic carbocycles. The Morgan fingerprint density at radius 1 is 0.359 bits per heavy atom. The largest absolute Gasteiger partial charge is 0.462 e. The lowest BCUT2D eigenvalue weighted by atomic mass is 10.1. The number of ether oxygens (including phenoxy) is 3. The second kappa shape index (κ2) is 54.2. The summed E-state index contributed by atoms with van der Waals surface area (Å²) in [6.07, 6.45) is 72.7. The molecule has 0 radical (unpaired) electrons. The molecule has 0 bridgehead atoms. The summed E-state index contributed by atoms with van der Waals surface area (Å²) < 4.78 is 17.4. The SMILES string of the molecule is CC/C=C\C/C=C\C/C=C\C/C=C\CCCCCCCOCC(COC(=O)CCCCCCCCC/C=C\C/C=C\C/C=C\CC)OC(=O)CCCCCCC/C=C\CCCCCC. The molecule has 64 heavy (non-hydrogen) atoms. The molecular weight excluding hydrogens is 789 g/mol. The minimum absolute atomic E-state index is 0.0645. The molecule has 0 saturated carbocycles. The van der Waals surface area contributed by atoms with Crippen LogP contribution in [0.5, 0.6) is 0 Å². The highest BCUT2D eigenvalue weighted by molar-refractivity contribution is 5.70. The zero-order valence-electron chi connectivity index (χ0n) is 42.0. The van der Waals surface area contributed by atoms with Crippen molar-refractivity contribution in [3.8, 4) is 0 Å². The summed E-state index contributed by atoms with van der Waals surface area (Å²) in [7, 11) is 0. The van der Waals surface area contributed by atoms with E-state index in [2.05, 4.69) is 118 Å². The molecule has 1 unspecified atom stereocenters. The van der Waals surface area contributed by atoms with Gasteiger partial charge in [-0.25, -0.2) is 0 Å². The van der Waals surface area contributed by atoms with Crippen molar-refractivity contribution in [2.45, 2.75) is 245 Å². The number of unbranched alkanes of at least 4 members (excludes halogenated alkanes) is 21. The smallest absolute Gasteiger partial charge is 0.306 e. The molecule has 0 aromatic carbocycles. The lowest BCUT2D eigenvalue weighted by Crippen LogP contribution is -2.30. The van der Waals surface area contributed by atoms with Crippen molar-refractivity contribution in [2.24, 2.45) is 0 Å². The molecule has 0 saturated heterocycles. The average molecular weight is 889 g/mol. The van der Waals surface area contributed by atoms with E-state index in [0.717, 1.165) is 116 Å². The Labute approximate surface area is 396 Å². The molecule has 0 amide bonds. The standard InChI is InChI=1S/C59H100O5/c1-4-7-10-13-16-19-22-25-27-29-31-33-36-39-42-45-48-51-54-62-55-57(64-59(61)53-50-47-44-41-38-34-24-21-18-15-12-9-6-3)56-63-58(60)52-49-46-43-40-37-35-32-30-28-26-23-20-17-14-11-8-5-2/h7-8,10-11,16-17,19-21,24-28,31,33,57H,4-6,9,12-15,18,22-23,29-30,32,34-56H2,1-3H3/b10-7-,11-8-,19-16-,20-17-,24-21-,27-25-,28-26-,33-31-. The van der Waals surface area contributed by atoms with Crippen LogP contribution in [0.15, 0.2) is 97.2 Å². The Bertz CT molecular complexity index is 1230. The summed E-state index contributed by atoms with van der Waals surface area (Å²) in [5, 5.41) is 0. The number of rotatable bonds is 48. The Morgan fingerprint density at radius 2 is 0.703 bits per heavy atom. The summed E-state index contributed by atoms with van der Waals surface area (Å²) in [5.41, 5.74) is 0. The lowest BCUT2D eigenvalue weighted by Gasteiger charge is -2.18. The Hall–Kier alpha value is -3.18. The van der Waals surface area contributed by atoms with Gasteiger partial charge in [-0.3, -0.25) is 9.59 Å². The maximum atomic E-state index is 12.8. The van der Waals surface area contributed by atoms with E-state index in [0.29, 0.717) is 19.4 Å². The van der Waals surface area contributed by atoms with Crippen LogP contribution in [0.4, 0.5) is 0 Å². The molecule has 0 aromatic rings. The predicted octanol–water partition coefficient (Wildman–Crippen LogP) is 18.2. The van der Waals surface area contributed by atoms with Gasteiger partial charge in [-0.05, 0) is 116 Å². The molecule has 0 rings (SSSR count). The number of hydrogen-bond donors (Lipinski definition) is 0. The number of carbonyl (C=O) groups excluding carboxylic acids is 2. The number of allylic oxidation sites excluding steroid dienone is 16. The van der Waals surface area contributed by atoms with E-state index < -0.39 is 6.10 Å². The number of esters is 2. The first-order valence-corrected chi connectivity index (χ1v) is 26.8. The first kappa shape index (κ1) is 60.8. The van der Waals surface area contributed by atoms with Gasteiger partial charge in [-0.2, -0.15) is 0 Å². The molecule has 5 nitrogen and oxygen atoms in total. The molecule has 5 heteroatoms. The summed E-state index contributed by atoms with van der Waals surface area (Å²) in [6, 6.07) is 0. The second-order valence-electron chi connectivity index (χ2n) is 17.4. The third kappa shape index (κ3) is 51.5. The molecule has 0 aromatic heterocycles. The van der Waals surface area contributed by atoms with Gasteiger partial charge in [0.1, 0.15) is 6.61 Å². The fraction of sp³-hybridized carbons (Fsp3) is 0.695. The van der Waals surface area contributed by atoms with Crippen molar-refractivity contribution < 1.29 is 23.8 Å². The van der Waals surface area contributed by atoms with E-state index in [1.807, 2.05) is 0 Å². The highest BCUT2D eigenvalue weighted by atomic mass is 16.6. The average Bonchev–Trinajstić information content (AvgIpc) is 3.30. The van der Waals surface area contributed by atoms with Gasteiger partial charge in [0.2, 0.25) is 0 Å². The quantitative estimate of drug-likeness (QED) is 0.0346. The Balaban J connectivity index is 4.33. The monoisotopic (exact) mass is 889 g/mol. The number of hydrogen-bond acceptors (Lipinski definition) is 5. The molecule has 0 aliphatic heterocycles. The first-order valence-electron chi connectivity index (χ1n) is 26.8. The van der Waals surface area contributed by atoms with E-state index in [-0.39, 0.29) is 25.2 Å². The van der Waals surface area contributed by atoms with Crippen LogP contribution in [0.25, 0.3) is 0 Å². The second-order valence-corrected chi connectivity index (χ2v) is 17.4. The molecule has 366 valence electrons. The van der Waals surface area contributed by atoms with E-state index in [4.69, 9.17) is 14.2 Å². The van der Waals surface area contributed by atoms with Gasteiger partial charge in [-0.1, -0.05) is 208 Å². The van der Waals surface area contributed by atoms with E-state index in [1.165, 1.54) is 89.9 Å². The summed E-state index contributed by atoms with van der Waals surface area (Å²) >= 11 is 0. The van der Waals surface area contributed by atoms with Crippen LogP contribution in [-0.4, -0.2) is 37.9 Å². The van der Waals surface area contributed by atoms with Crippen molar-refractivity contribution in [1.82, 2.24) is 0 Å². The Morgan fingerprint density at radius 3 is 1.14 bits per heavy atom. The van der Waals surface area contributed by atoms with Crippen LogP contribution in [0, 0.1) is 0 Å². The normalized spacial score (nSPS) is 13.0. The van der Waals surface area contributed by atoms with Crippen molar-refractivity contribution in [2.75, 3.05) is 19.8 Å². The van der Waals surface area contributed by atoms with E-state index in [9.17, 15) is 9.59 Å². The minimum atomic E-state index is -0.560. The highest BCUT2D eigenvalue weighted by Gasteiger charge is 2.17. The van der Waals surface area contributed by atoms with Crippen LogP contribution < -0.4 is 0 Å². The van der Waals surface area contributed by atoms with Crippen LogP contribution in [-0.2, 0) is 23.8 Å². The molecule has 0 aliphatic rings. The maximum absolute atomic E-state index is 12.8. The van der Waals surface area contributed by atoms with Crippen molar-refractivity contribution in [3.63, 3.8) is 0 Å². The minimum Gasteiger partial charge on any atom is -0.462 e. The van der Waals surface area contributed by atoms with Gasteiger partial charge in [0.05, 0.1) is 6.61 Å². The van der Waals surface area contributed by atoms with Crippen LogP contribution in [0.2, 0.25) is 0 Å². The van der Waals surface area contributed by atoms with Gasteiger partial charge >= 0.3 is 11.9 Å². The fourth-order valence-corrected chi connectivity index (χ4v) is 7.16. The molecular formula is C59H100O5. The predicted molar refractivity (Wildman–Crippen MR) is 279 cm³/mol. The van der Waals surface area contributed by atoms with Crippen LogP contribution in [0.1, 0.15) is 239 Å². The molecule has 0 heterocycles. The first-order chi connectivity index (χ1) is 31.6. The maximum Gasteiger partial charge on any atom is 0.306 e. The van der Waals surface area contributed by atoms with Gasteiger partial charge in [0.15, 0.2) is 6.10 Å². The fourth-order valence-electron chi connectivity index (χ4n) is 7.16. The summed E-state index contributed by atoms with van der Waals surface area (Å²) in [6.45, 7) is 7.53. The van der Waals surface area contributed by atoms with Crippen LogP contribution in [0.3, 0.4) is 0 Å². The van der Waals surface area contributed by atoms with Gasteiger partial charge in [0.25, 0.3) is 0 Å². The van der Waals surface area contributed by atoms with Crippen molar-refractivity contribution in [3.05, 3.63) is 97.2 Å². The lowest BCUT2D eigenvalue weighted by molar-refractivity contribution is -0.163. The van der Waals surface area contributed by atoms with Gasteiger partial charge in [0, 0.05) is 19.4 Å². The Kier molecular flexibility index (Phi) is 51.5. The molecule has 0 spiro atoms. The zero-order chi connectivity index (χ0) is 46.3. The number of carbonyl (C=O) groups is 2. The summed E-state index contributed by atoms with van der Waals surface area (Å²) in [4.78, 5) is 25.4. The van der Waals surface area contributed by atoms with E-state index >= 15 is 0 Å². The molecule has 1 atom stereocenters. The van der Waals surface area contributed by atoms with Gasteiger partial charge in [-0.15, -0.1) is 0 Å². The van der Waals surface area contributed by atoms with Gasteiger partial charge < -0.3 is 14.2 Å². The summed E-state index contributed by atoms with van der Waals surface area (Å²) in [5.74, 6) is -0.431.